The predicted octanol–water partition coefficient (Wildman–Crippen LogP) is 0.959. The fraction of sp³-hybridized carbons (Fsp3) is 0.545. The van der Waals surface area contributed by atoms with Gasteiger partial charge in [-0.3, -0.25) is 14.9 Å². The van der Waals surface area contributed by atoms with E-state index in [0.717, 1.165) is 12.4 Å². The highest BCUT2D eigenvalue weighted by atomic mass is 16.6. The second-order valence-corrected chi connectivity index (χ2v) is 4.40. The lowest BCUT2D eigenvalue weighted by Gasteiger charge is -2.08. The summed E-state index contributed by atoms with van der Waals surface area (Å²) < 4.78 is 0. The van der Waals surface area contributed by atoms with Crippen LogP contribution >= 0.6 is 0 Å². The van der Waals surface area contributed by atoms with E-state index in [2.05, 4.69) is 20.6 Å². The third kappa shape index (κ3) is 5.75. The summed E-state index contributed by atoms with van der Waals surface area (Å²) in [7, 11) is 0. The van der Waals surface area contributed by atoms with Crippen molar-refractivity contribution in [2.75, 3.05) is 18.4 Å². The number of nitrogens with zero attached hydrogens (tertiary/aromatic N) is 3. The smallest absolute Gasteiger partial charge is 0.305 e. The summed E-state index contributed by atoms with van der Waals surface area (Å²) in [6.07, 6.45) is 2.54. The van der Waals surface area contributed by atoms with Gasteiger partial charge in [-0.05, 0) is 5.92 Å². The van der Waals surface area contributed by atoms with Crippen molar-refractivity contribution in [3.05, 3.63) is 22.5 Å². The Kier molecular flexibility index (Phi) is 5.65. The Morgan fingerprint density at radius 1 is 1.42 bits per heavy atom. The Morgan fingerprint density at radius 3 is 2.58 bits per heavy atom. The van der Waals surface area contributed by atoms with Gasteiger partial charge in [0.25, 0.3) is 0 Å². The molecule has 0 fully saturated rings. The van der Waals surface area contributed by atoms with Gasteiger partial charge in [0.05, 0.1) is 4.92 Å². The van der Waals surface area contributed by atoms with Gasteiger partial charge < -0.3 is 10.6 Å². The molecular formula is C11H17N5O3. The lowest BCUT2D eigenvalue weighted by Crippen LogP contribution is -2.28. The first-order chi connectivity index (χ1) is 8.99. The zero-order valence-corrected chi connectivity index (χ0v) is 10.9. The van der Waals surface area contributed by atoms with Crippen LogP contribution in [0.2, 0.25) is 0 Å². The molecule has 0 bridgehead atoms. The molecule has 0 saturated heterocycles. The van der Waals surface area contributed by atoms with Gasteiger partial charge in [0.2, 0.25) is 11.9 Å². The van der Waals surface area contributed by atoms with Gasteiger partial charge in [0.1, 0.15) is 12.4 Å². The second kappa shape index (κ2) is 7.24. The van der Waals surface area contributed by atoms with Crippen LogP contribution in [0, 0.1) is 16.0 Å². The van der Waals surface area contributed by atoms with Crippen molar-refractivity contribution < 1.29 is 9.72 Å². The fourth-order valence-electron chi connectivity index (χ4n) is 1.20. The lowest BCUT2D eigenvalue weighted by atomic mass is 10.2. The van der Waals surface area contributed by atoms with E-state index in [4.69, 9.17) is 0 Å². The molecule has 104 valence electrons. The quantitative estimate of drug-likeness (QED) is 0.562. The molecule has 1 aromatic rings. The van der Waals surface area contributed by atoms with Crippen LogP contribution < -0.4 is 10.6 Å². The van der Waals surface area contributed by atoms with E-state index < -0.39 is 4.92 Å². The van der Waals surface area contributed by atoms with E-state index in [1.165, 1.54) is 0 Å². The second-order valence-electron chi connectivity index (χ2n) is 4.40. The Bertz CT molecular complexity index is 432. The Balaban J connectivity index is 2.29. The normalized spacial score (nSPS) is 10.3. The minimum Gasteiger partial charge on any atom is -0.356 e. The van der Waals surface area contributed by atoms with Crippen LogP contribution in [0.25, 0.3) is 0 Å². The van der Waals surface area contributed by atoms with Gasteiger partial charge in [0, 0.05) is 19.5 Å². The number of rotatable bonds is 7. The van der Waals surface area contributed by atoms with Crippen molar-refractivity contribution in [2.24, 2.45) is 5.92 Å². The van der Waals surface area contributed by atoms with Crippen molar-refractivity contribution in [2.45, 2.75) is 20.3 Å². The van der Waals surface area contributed by atoms with Crippen LogP contribution in [0.3, 0.4) is 0 Å². The van der Waals surface area contributed by atoms with Crippen LogP contribution in [0.15, 0.2) is 12.4 Å². The van der Waals surface area contributed by atoms with Gasteiger partial charge in [-0.25, -0.2) is 9.97 Å². The maximum absolute atomic E-state index is 11.4. The molecule has 0 saturated carbocycles. The molecule has 0 unspecified atom stereocenters. The molecule has 0 aromatic carbocycles. The maximum Gasteiger partial charge on any atom is 0.305 e. The fourth-order valence-corrected chi connectivity index (χ4v) is 1.20. The van der Waals surface area contributed by atoms with Crippen LogP contribution in [0.4, 0.5) is 11.6 Å². The van der Waals surface area contributed by atoms with Crippen molar-refractivity contribution in [1.29, 1.82) is 0 Å². The SMILES string of the molecule is CC(C)CNC(=O)CCNc1ncc([N+](=O)[O-])cn1. The molecular weight excluding hydrogens is 250 g/mol. The average molecular weight is 267 g/mol. The molecule has 1 aromatic heterocycles. The zero-order chi connectivity index (χ0) is 14.3. The molecule has 0 aliphatic rings. The van der Waals surface area contributed by atoms with E-state index in [1.807, 2.05) is 13.8 Å². The molecule has 0 atom stereocenters. The minimum absolute atomic E-state index is 0.0527. The third-order valence-electron chi connectivity index (χ3n) is 2.19. The highest BCUT2D eigenvalue weighted by Crippen LogP contribution is 2.07. The summed E-state index contributed by atoms with van der Waals surface area (Å²) >= 11 is 0. The molecule has 8 heteroatoms. The molecule has 19 heavy (non-hydrogen) atoms. The first-order valence-corrected chi connectivity index (χ1v) is 5.96. The molecule has 1 amide bonds. The maximum atomic E-state index is 11.4. The molecule has 0 radical (unpaired) electrons. The third-order valence-corrected chi connectivity index (χ3v) is 2.19. The summed E-state index contributed by atoms with van der Waals surface area (Å²) in [5.41, 5.74) is -0.166. The number of hydrogen-bond donors (Lipinski definition) is 2. The number of anilines is 1. The number of aromatic nitrogens is 2. The molecule has 8 nitrogen and oxygen atoms in total. The Hall–Kier alpha value is -2.25. The number of nitrogens with one attached hydrogen (secondary N) is 2. The van der Waals surface area contributed by atoms with Gasteiger partial charge in [-0.15, -0.1) is 0 Å². The first-order valence-electron chi connectivity index (χ1n) is 5.96. The summed E-state index contributed by atoms with van der Waals surface area (Å²) in [6.45, 7) is 5.06. The number of amides is 1. The monoisotopic (exact) mass is 267 g/mol. The zero-order valence-electron chi connectivity index (χ0n) is 10.9. The van der Waals surface area contributed by atoms with Gasteiger partial charge in [-0.2, -0.15) is 0 Å². The largest absolute Gasteiger partial charge is 0.356 e. The standard InChI is InChI=1S/C11H17N5O3/c1-8(2)5-13-10(17)3-4-12-11-14-6-9(7-15-11)16(18)19/h6-8H,3-5H2,1-2H3,(H,13,17)(H,12,14,15). The van der Waals surface area contributed by atoms with Gasteiger partial charge in [0.15, 0.2) is 0 Å². The number of hydrogen-bond acceptors (Lipinski definition) is 6. The van der Waals surface area contributed by atoms with Crippen molar-refractivity contribution in [3.8, 4) is 0 Å². The first kappa shape index (κ1) is 14.8. The van der Waals surface area contributed by atoms with E-state index in [-0.39, 0.29) is 17.5 Å². The Morgan fingerprint density at radius 2 is 2.05 bits per heavy atom. The molecule has 0 aliphatic carbocycles. The summed E-state index contributed by atoms with van der Waals surface area (Å²) in [5, 5.41) is 16.0. The minimum atomic E-state index is -0.566. The van der Waals surface area contributed by atoms with Crippen LogP contribution in [-0.2, 0) is 4.79 Å². The summed E-state index contributed by atoms with van der Waals surface area (Å²) in [4.78, 5) is 28.8. The highest BCUT2D eigenvalue weighted by molar-refractivity contribution is 5.76. The van der Waals surface area contributed by atoms with Crippen molar-refractivity contribution in [3.63, 3.8) is 0 Å². The summed E-state index contributed by atoms with van der Waals surface area (Å²) in [5.74, 6) is 0.625. The molecule has 1 rings (SSSR count). The van der Waals surface area contributed by atoms with E-state index in [9.17, 15) is 14.9 Å². The number of carbonyl (C=O) groups excluding carboxylic acids is 1. The van der Waals surface area contributed by atoms with Crippen LogP contribution in [0.1, 0.15) is 20.3 Å². The predicted molar refractivity (Wildman–Crippen MR) is 69.6 cm³/mol. The van der Waals surface area contributed by atoms with Crippen molar-refractivity contribution >= 4 is 17.5 Å². The van der Waals surface area contributed by atoms with Crippen LogP contribution in [0.5, 0.6) is 0 Å². The van der Waals surface area contributed by atoms with E-state index >= 15 is 0 Å². The van der Waals surface area contributed by atoms with Crippen LogP contribution in [-0.4, -0.2) is 33.9 Å². The van der Waals surface area contributed by atoms with Gasteiger partial charge >= 0.3 is 5.69 Å². The van der Waals surface area contributed by atoms with E-state index in [0.29, 0.717) is 25.4 Å². The Labute approximate surface area is 110 Å². The topological polar surface area (TPSA) is 110 Å². The van der Waals surface area contributed by atoms with E-state index in [1.54, 1.807) is 0 Å². The molecule has 1 heterocycles. The number of carbonyl (C=O) groups is 1. The lowest BCUT2D eigenvalue weighted by molar-refractivity contribution is -0.385. The number of nitro groups is 1. The molecule has 0 aliphatic heterocycles. The highest BCUT2D eigenvalue weighted by Gasteiger charge is 2.07. The molecule has 2 N–H and O–H groups in total. The van der Waals surface area contributed by atoms with Gasteiger partial charge in [-0.1, -0.05) is 13.8 Å². The average Bonchev–Trinajstić information content (AvgIpc) is 2.37. The van der Waals surface area contributed by atoms with Crippen molar-refractivity contribution in [1.82, 2.24) is 15.3 Å². The molecule has 0 spiro atoms. The summed E-state index contributed by atoms with van der Waals surface area (Å²) in [6, 6.07) is 0.